The van der Waals surface area contributed by atoms with Crippen LogP contribution in [0.15, 0.2) is 42.7 Å². The lowest BCUT2D eigenvalue weighted by atomic mass is 9.88. The molecule has 152 valence electrons. The maximum Gasteiger partial charge on any atom is 0.225 e. The molecule has 0 spiro atoms. The number of nitrogens with zero attached hydrogens (tertiary/aromatic N) is 2. The second-order valence-electron chi connectivity index (χ2n) is 7.67. The lowest BCUT2D eigenvalue weighted by Gasteiger charge is -2.32. The number of carbonyl (C=O) groups excluding carboxylic acids is 1. The molecule has 2 aliphatic heterocycles. The van der Waals surface area contributed by atoms with Crippen LogP contribution in [0, 0.1) is 11.8 Å². The number of hydrogen-bond donors (Lipinski definition) is 2. The second-order valence-corrected chi connectivity index (χ2v) is 7.67. The Kier molecular flexibility index (Phi) is 7.10. The normalized spacial score (nSPS) is 27.2. The van der Waals surface area contributed by atoms with Crippen LogP contribution in [0.5, 0.6) is 0 Å². The van der Waals surface area contributed by atoms with Crippen LogP contribution in [-0.2, 0) is 16.6 Å². The number of amides is 1. The number of aromatic nitrogens is 2. The number of benzene rings is 1. The van der Waals surface area contributed by atoms with Crippen molar-refractivity contribution in [1.29, 1.82) is 0 Å². The third kappa shape index (κ3) is 4.57. The first-order valence-corrected chi connectivity index (χ1v) is 9.86. The Bertz CT molecular complexity index is 767. The van der Waals surface area contributed by atoms with Crippen LogP contribution in [-0.4, -0.2) is 41.9 Å². The Hall–Kier alpha value is -1.89. The van der Waals surface area contributed by atoms with Gasteiger partial charge in [-0.2, -0.15) is 5.10 Å². The van der Waals surface area contributed by atoms with E-state index >= 15 is 0 Å². The molecule has 2 fully saturated rings. The van der Waals surface area contributed by atoms with Crippen LogP contribution in [0.4, 0.5) is 0 Å². The van der Waals surface area contributed by atoms with Gasteiger partial charge in [0.25, 0.3) is 0 Å². The van der Waals surface area contributed by atoms with E-state index in [1.54, 1.807) is 4.68 Å². The highest BCUT2D eigenvalue weighted by Crippen LogP contribution is 2.33. The van der Waals surface area contributed by atoms with Gasteiger partial charge in [0, 0.05) is 51.3 Å². The van der Waals surface area contributed by atoms with E-state index in [1.807, 2.05) is 37.6 Å². The van der Waals surface area contributed by atoms with Crippen molar-refractivity contribution >= 4 is 18.3 Å². The predicted octanol–water partition coefficient (Wildman–Crippen LogP) is 2.43. The summed E-state index contributed by atoms with van der Waals surface area (Å²) in [4.78, 5) is 12.9. The third-order valence-corrected chi connectivity index (χ3v) is 5.82. The van der Waals surface area contributed by atoms with Crippen molar-refractivity contribution in [1.82, 2.24) is 20.4 Å². The van der Waals surface area contributed by atoms with Crippen molar-refractivity contribution in [2.24, 2.45) is 18.9 Å². The molecule has 2 unspecified atom stereocenters. The molecule has 1 amide bonds. The highest BCUT2D eigenvalue weighted by atomic mass is 35.5. The quantitative estimate of drug-likeness (QED) is 0.803. The lowest BCUT2D eigenvalue weighted by Crippen LogP contribution is -2.39. The molecule has 0 bridgehead atoms. The average Bonchev–Trinajstić information content (AvgIpc) is 3.36. The minimum atomic E-state index is -0.0473. The van der Waals surface area contributed by atoms with Crippen LogP contribution < -0.4 is 10.6 Å². The Labute approximate surface area is 172 Å². The van der Waals surface area contributed by atoms with Crippen molar-refractivity contribution in [3.8, 4) is 0 Å². The number of aryl methyl sites for hydroxylation is 1. The smallest absolute Gasteiger partial charge is 0.225 e. The van der Waals surface area contributed by atoms with Gasteiger partial charge in [-0.25, -0.2) is 0 Å². The molecule has 2 aliphatic rings. The van der Waals surface area contributed by atoms with Crippen molar-refractivity contribution in [3.63, 3.8) is 0 Å². The van der Waals surface area contributed by atoms with E-state index in [0.717, 1.165) is 31.6 Å². The molecule has 4 rings (SSSR count). The number of ether oxygens (including phenoxy) is 1. The molecule has 2 aromatic rings. The minimum Gasteiger partial charge on any atom is -0.373 e. The van der Waals surface area contributed by atoms with Crippen molar-refractivity contribution in [2.75, 3.05) is 26.2 Å². The molecule has 2 saturated heterocycles. The highest BCUT2D eigenvalue weighted by Gasteiger charge is 2.35. The minimum absolute atomic E-state index is 0. The fourth-order valence-corrected chi connectivity index (χ4v) is 4.36. The van der Waals surface area contributed by atoms with E-state index in [9.17, 15) is 4.79 Å². The van der Waals surface area contributed by atoms with Crippen molar-refractivity contribution in [3.05, 3.63) is 53.9 Å². The van der Waals surface area contributed by atoms with Crippen LogP contribution in [0.25, 0.3) is 0 Å². The molecular formula is C21H29ClN4O2. The summed E-state index contributed by atoms with van der Waals surface area (Å²) >= 11 is 0. The van der Waals surface area contributed by atoms with Gasteiger partial charge < -0.3 is 15.4 Å². The number of rotatable bonds is 5. The molecule has 3 heterocycles. The molecule has 0 radical (unpaired) electrons. The fourth-order valence-electron chi connectivity index (χ4n) is 4.36. The summed E-state index contributed by atoms with van der Waals surface area (Å²) in [5, 5.41) is 10.8. The Morgan fingerprint density at radius 2 is 2.11 bits per heavy atom. The van der Waals surface area contributed by atoms with Gasteiger partial charge in [0.15, 0.2) is 0 Å². The van der Waals surface area contributed by atoms with Gasteiger partial charge in [0.1, 0.15) is 0 Å². The Morgan fingerprint density at radius 1 is 1.29 bits per heavy atom. The van der Waals surface area contributed by atoms with Gasteiger partial charge >= 0.3 is 0 Å². The van der Waals surface area contributed by atoms with Crippen molar-refractivity contribution < 1.29 is 9.53 Å². The number of carbonyl (C=O) groups is 1. The van der Waals surface area contributed by atoms with Gasteiger partial charge in [-0.3, -0.25) is 9.48 Å². The first-order valence-electron chi connectivity index (χ1n) is 9.86. The lowest BCUT2D eigenvalue weighted by molar-refractivity contribution is -0.125. The Morgan fingerprint density at radius 3 is 2.86 bits per heavy atom. The Balaban J connectivity index is 0.00000225. The maximum atomic E-state index is 12.9. The molecule has 7 heteroatoms. The largest absolute Gasteiger partial charge is 0.373 e. The molecule has 28 heavy (non-hydrogen) atoms. The van der Waals surface area contributed by atoms with Gasteiger partial charge in [-0.05, 0) is 24.0 Å². The summed E-state index contributed by atoms with van der Waals surface area (Å²) < 4.78 is 7.85. The molecular weight excluding hydrogens is 376 g/mol. The molecule has 0 saturated carbocycles. The third-order valence-electron chi connectivity index (χ3n) is 5.82. The standard InChI is InChI=1S/C21H28N4O2.ClH/c1-25-14-17(11-24-25)18-12-22-13-19(18)21(26)23-10-16-8-5-9-27-20(16)15-6-3-2-4-7-15;/h2-4,6-7,11,14,16,18-20,22H,5,8-10,12-13H2,1H3,(H,23,26);1H/t16?,18-,19+,20?;/m1./s1. The summed E-state index contributed by atoms with van der Waals surface area (Å²) in [6.07, 6.45) is 6.08. The van der Waals surface area contributed by atoms with E-state index in [0.29, 0.717) is 19.0 Å². The van der Waals surface area contributed by atoms with Gasteiger partial charge in [0.05, 0.1) is 18.2 Å². The monoisotopic (exact) mass is 404 g/mol. The van der Waals surface area contributed by atoms with Crippen LogP contribution in [0.2, 0.25) is 0 Å². The van der Waals surface area contributed by atoms with Crippen LogP contribution in [0.1, 0.15) is 36.0 Å². The van der Waals surface area contributed by atoms with Gasteiger partial charge in [-0.1, -0.05) is 30.3 Å². The number of hydrogen-bond acceptors (Lipinski definition) is 4. The predicted molar refractivity (Wildman–Crippen MR) is 110 cm³/mol. The van der Waals surface area contributed by atoms with Gasteiger partial charge in [0.2, 0.25) is 5.91 Å². The zero-order valence-corrected chi connectivity index (χ0v) is 17.0. The van der Waals surface area contributed by atoms with Crippen LogP contribution in [0.3, 0.4) is 0 Å². The fraction of sp³-hybridized carbons (Fsp3) is 0.524. The first kappa shape index (κ1) is 20.8. The summed E-state index contributed by atoms with van der Waals surface area (Å²) in [5.74, 6) is 0.586. The molecule has 0 aliphatic carbocycles. The summed E-state index contributed by atoms with van der Waals surface area (Å²) in [6, 6.07) is 10.3. The zero-order chi connectivity index (χ0) is 18.6. The SMILES string of the molecule is Cl.Cn1cc([C@H]2CNC[C@@H]2C(=O)NCC2CCCOC2c2ccccc2)cn1. The van der Waals surface area contributed by atoms with E-state index in [-0.39, 0.29) is 36.3 Å². The second kappa shape index (κ2) is 9.54. The van der Waals surface area contributed by atoms with E-state index in [4.69, 9.17) is 4.74 Å². The summed E-state index contributed by atoms with van der Waals surface area (Å²) in [5.41, 5.74) is 2.33. The topological polar surface area (TPSA) is 68.2 Å². The maximum absolute atomic E-state index is 12.9. The van der Waals surface area contributed by atoms with Crippen LogP contribution >= 0.6 is 12.4 Å². The molecule has 1 aromatic carbocycles. The average molecular weight is 405 g/mol. The highest BCUT2D eigenvalue weighted by molar-refractivity contribution is 5.85. The zero-order valence-electron chi connectivity index (χ0n) is 16.2. The van der Waals surface area contributed by atoms with Gasteiger partial charge in [-0.15, -0.1) is 12.4 Å². The first-order chi connectivity index (χ1) is 13.2. The number of halogens is 1. The summed E-state index contributed by atoms with van der Waals surface area (Å²) in [7, 11) is 1.91. The molecule has 6 nitrogen and oxygen atoms in total. The molecule has 2 N–H and O–H groups in total. The van der Waals surface area contributed by atoms with Crippen molar-refractivity contribution in [2.45, 2.75) is 24.9 Å². The van der Waals surface area contributed by atoms with E-state index in [2.05, 4.69) is 27.9 Å². The van der Waals surface area contributed by atoms with E-state index in [1.165, 1.54) is 5.56 Å². The molecule has 1 aromatic heterocycles. The molecule has 4 atom stereocenters. The summed E-state index contributed by atoms with van der Waals surface area (Å²) in [6.45, 7) is 2.99. The number of nitrogens with one attached hydrogen (secondary N) is 2. The van der Waals surface area contributed by atoms with E-state index < -0.39 is 0 Å².